The second kappa shape index (κ2) is 4.45. The molecule has 1 aliphatic heterocycles. The number of nitrogens with one attached hydrogen (secondary N) is 1. The van der Waals surface area contributed by atoms with Crippen molar-refractivity contribution < 1.29 is 4.79 Å². The number of benzene rings is 1. The van der Waals surface area contributed by atoms with Crippen molar-refractivity contribution in [1.29, 1.82) is 0 Å². The maximum Gasteiger partial charge on any atom is 0.257 e. The zero-order valence-electron chi connectivity index (χ0n) is 12.9. The van der Waals surface area contributed by atoms with Gasteiger partial charge in [0.2, 0.25) is 5.43 Å². The fraction of sp³-hybridized carbons (Fsp3) is 0.412. The quantitative estimate of drug-likeness (QED) is 0.875. The first-order valence-corrected chi connectivity index (χ1v) is 7.27. The molecule has 0 bridgehead atoms. The summed E-state index contributed by atoms with van der Waals surface area (Å²) in [6.45, 7) is 7.82. The molecule has 1 amide bonds. The van der Waals surface area contributed by atoms with Crippen LogP contribution in [0, 0.1) is 0 Å². The highest BCUT2D eigenvalue weighted by Crippen LogP contribution is 2.30. The molecule has 21 heavy (non-hydrogen) atoms. The van der Waals surface area contributed by atoms with Crippen LogP contribution in [-0.2, 0) is 6.42 Å². The summed E-state index contributed by atoms with van der Waals surface area (Å²) in [5, 5.41) is 3.51. The monoisotopic (exact) mass is 284 g/mol. The van der Waals surface area contributed by atoms with Crippen molar-refractivity contribution in [1.82, 2.24) is 9.88 Å². The molecule has 0 saturated heterocycles. The third-order valence-electron chi connectivity index (χ3n) is 3.86. The molecule has 0 radical (unpaired) electrons. The largest absolute Gasteiger partial charge is 0.347 e. The molecule has 0 aliphatic carbocycles. The number of amides is 1. The fourth-order valence-electron chi connectivity index (χ4n) is 2.99. The lowest BCUT2D eigenvalue weighted by atomic mass is 10.1. The minimum Gasteiger partial charge on any atom is -0.347 e. The van der Waals surface area contributed by atoms with Crippen molar-refractivity contribution >= 4 is 16.8 Å². The molecule has 2 heterocycles. The highest BCUT2D eigenvalue weighted by Gasteiger charge is 2.25. The number of hydrogen-bond donors (Lipinski definition) is 1. The standard InChI is InChI=1S/C17H20N2O2/c1-10-8-11-6-5-7-12-14(11)19(10)9-13(15(12)20)16(21)18-17(2,3)4/h5-7,9-10H,8H2,1-4H3,(H,18,21). The predicted octanol–water partition coefficient (Wildman–Crippen LogP) is 2.65. The smallest absolute Gasteiger partial charge is 0.257 e. The van der Waals surface area contributed by atoms with Crippen molar-refractivity contribution in [2.24, 2.45) is 0 Å². The zero-order chi connectivity index (χ0) is 15.4. The lowest BCUT2D eigenvalue weighted by molar-refractivity contribution is 0.0918. The van der Waals surface area contributed by atoms with E-state index >= 15 is 0 Å². The Bertz CT molecular complexity index is 797. The van der Waals surface area contributed by atoms with Gasteiger partial charge in [-0.1, -0.05) is 12.1 Å². The third-order valence-corrected chi connectivity index (χ3v) is 3.86. The van der Waals surface area contributed by atoms with Gasteiger partial charge in [-0.3, -0.25) is 9.59 Å². The van der Waals surface area contributed by atoms with Gasteiger partial charge in [0.05, 0.1) is 5.52 Å². The summed E-state index contributed by atoms with van der Waals surface area (Å²) >= 11 is 0. The van der Waals surface area contributed by atoms with Gasteiger partial charge in [-0.05, 0) is 45.7 Å². The molecule has 1 atom stereocenters. The summed E-state index contributed by atoms with van der Waals surface area (Å²) in [5.74, 6) is -0.303. The highest BCUT2D eigenvalue weighted by atomic mass is 16.2. The zero-order valence-corrected chi connectivity index (χ0v) is 12.9. The molecular formula is C17H20N2O2. The summed E-state index contributed by atoms with van der Waals surface area (Å²) in [6, 6.07) is 6.03. The van der Waals surface area contributed by atoms with Crippen molar-refractivity contribution in [3.8, 4) is 0 Å². The second-order valence-corrected chi connectivity index (χ2v) is 6.85. The Labute approximate surface area is 123 Å². The Morgan fingerprint density at radius 1 is 1.33 bits per heavy atom. The van der Waals surface area contributed by atoms with Gasteiger partial charge in [0.1, 0.15) is 5.56 Å². The average Bonchev–Trinajstić information content (AvgIpc) is 2.68. The van der Waals surface area contributed by atoms with E-state index in [9.17, 15) is 9.59 Å². The number of aromatic nitrogens is 1. The number of carbonyl (C=O) groups excluding carboxylic acids is 1. The van der Waals surface area contributed by atoms with Crippen molar-refractivity contribution in [3.63, 3.8) is 0 Å². The Balaban J connectivity index is 2.22. The van der Waals surface area contributed by atoms with Gasteiger partial charge in [0.25, 0.3) is 5.91 Å². The van der Waals surface area contributed by atoms with Gasteiger partial charge in [-0.15, -0.1) is 0 Å². The van der Waals surface area contributed by atoms with E-state index < -0.39 is 0 Å². The van der Waals surface area contributed by atoms with Crippen molar-refractivity contribution in [2.45, 2.75) is 45.7 Å². The van der Waals surface area contributed by atoms with Crippen LogP contribution in [-0.4, -0.2) is 16.0 Å². The molecule has 1 aliphatic rings. The minimum absolute atomic E-state index is 0.182. The van der Waals surface area contributed by atoms with E-state index in [1.165, 1.54) is 5.56 Å². The number of nitrogens with zero attached hydrogens (tertiary/aromatic N) is 1. The van der Waals surface area contributed by atoms with Crippen LogP contribution in [0.4, 0.5) is 0 Å². The van der Waals surface area contributed by atoms with Gasteiger partial charge in [0, 0.05) is 23.2 Å². The molecule has 1 unspecified atom stereocenters. The molecule has 0 saturated carbocycles. The normalized spacial score (nSPS) is 17.2. The average molecular weight is 284 g/mol. The van der Waals surface area contributed by atoms with Crippen LogP contribution in [0.5, 0.6) is 0 Å². The van der Waals surface area contributed by atoms with E-state index in [4.69, 9.17) is 0 Å². The van der Waals surface area contributed by atoms with Crippen LogP contribution in [0.2, 0.25) is 0 Å². The summed E-state index contributed by atoms with van der Waals surface area (Å²) in [4.78, 5) is 25.0. The Kier molecular flexibility index (Phi) is 2.94. The van der Waals surface area contributed by atoms with Crippen molar-refractivity contribution in [3.05, 3.63) is 45.7 Å². The fourth-order valence-corrected chi connectivity index (χ4v) is 2.99. The molecule has 1 aromatic heterocycles. The van der Waals surface area contributed by atoms with Crippen LogP contribution in [0.15, 0.2) is 29.2 Å². The van der Waals surface area contributed by atoms with Crippen molar-refractivity contribution in [2.75, 3.05) is 0 Å². The summed E-state index contributed by atoms with van der Waals surface area (Å²) in [6.07, 6.45) is 2.62. The van der Waals surface area contributed by atoms with E-state index in [0.29, 0.717) is 5.39 Å². The number of carbonyl (C=O) groups is 1. The molecule has 2 aromatic rings. The van der Waals surface area contributed by atoms with E-state index in [1.54, 1.807) is 6.20 Å². The van der Waals surface area contributed by atoms with Crippen LogP contribution in [0.25, 0.3) is 10.9 Å². The number of hydrogen-bond acceptors (Lipinski definition) is 2. The Morgan fingerprint density at radius 2 is 2.05 bits per heavy atom. The van der Waals surface area contributed by atoms with Gasteiger partial charge in [-0.25, -0.2) is 0 Å². The molecule has 3 rings (SSSR count). The molecular weight excluding hydrogens is 264 g/mol. The van der Waals surface area contributed by atoms with E-state index in [1.807, 2.05) is 32.9 Å². The van der Waals surface area contributed by atoms with Gasteiger partial charge in [-0.2, -0.15) is 0 Å². The first-order chi connectivity index (χ1) is 9.78. The third kappa shape index (κ3) is 2.24. The first kappa shape index (κ1) is 13.9. The topological polar surface area (TPSA) is 51.1 Å². The number of pyridine rings is 1. The van der Waals surface area contributed by atoms with Gasteiger partial charge >= 0.3 is 0 Å². The maximum absolute atomic E-state index is 12.6. The van der Waals surface area contributed by atoms with Crippen LogP contribution in [0.1, 0.15) is 49.7 Å². The number of rotatable bonds is 1. The molecule has 0 fully saturated rings. The minimum atomic E-state index is -0.364. The molecule has 110 valence electrons. The maximum atomic E-state index is 12.6. The van der Waals surface area contributed by atoms with Gasteiger partial charge < -0.3 is 9.88 Å². The highest BCUT2D eigenvalue weighted by molar-refractivity contribution is 5.98. The van der Waals surface area contributed by atoms with Gasteiger partial charge in [0.15, 0.2) is 0 Å². The van der Waals surface area contributed by atoms with Crippen LogP contribution >= 0.6 is 0 Å². The van der Waals surface area contributed by atoms with Crippen LogP contribution < -0.4 is 10.7 Å². The summed E-state index contributed by atoms with van der Waals surface area (Å²) < 4.78 is 2.06. The van der Waals surface area contributed by atoms with E-state index in [2.05, 4.69) is 22.9 Å². The first-order valence-electron chi connectivity index (χ1n) is 7.27. The molecule has 1 N–H and O–H groups in total. The molecule has 4 nitrogen and oxygen atoms in total. The van der Waals surface area contributed by atoms with E-state index in [0.717, 1.165) is 11.9 Å². The molecule has 1 aromatic carbocycles. The SMILES string of the molecule is CC1Cc2cccc3c(=O)c(C(=O)NC(C)(C)C)cn1c23. The van der Waals surface area contributed by atoms with Crippen LogP contribution in [0.3, 0.4) is 0 Å². The summed E-state index contributed by atoms with van der Waals surface area (Å²) in [5.41, 5.74) is 1.83. The summed E-state index contributed by atoms with van der Waals surface area (Å²) in [7, 11) is 0. The van der Waals surface area contributed by atoms with E-state index in [-0.39, 0.29) is 28.5 Å². The Hall–Kier alpha value is -2.10. The molecule has 4 heteroatoms. The lowest BCUT2D eigenvalue weighted by Crippen LogP contribution is -2.42. The molecule has 0 spiro atoms. The lowest BCUT2D eigenvalue weighted by Gasteiger charge is -2.21. The second-order valence-electron chi connectivity index (χ2n) is 6.85. The number of para-hydroxylation sites is 1. The predicted molar refractivity (Wildman–Crippen MR) is 83.8 cm³/mol. The Morgan fingerprint density at radius 3 is 2.71 bits per heavy atom.